The number of hydrogen-bond donors (Lipinski definition) is 0. The van der Waals surface area contributed by atoms with E-state index in [0.717, 1.165) is 0 Å². The molecule has 4 heteroatoms. The number of fused-ring (bicyclic) bond motifs is 3. The predicted molar refractivity (Wildman–Crippen MR) is 141 cm³/mol. The van der Waals surface area contributed by atoms with Crippen LogP contribution in [0.25, 0.3) is 22.1 Å². The summed E-state index contributed by atoms with van der Waals surface area (Å²) in [7, 11) is 4.34. The number of para-hydroxylation sites is 4. The topological polar surface area (TPSA) is 17.6 Å². The molecule has 0 fully saturated rings. The van der Waals surface area contributed by atoms with Crippen LogP contribution in [-0.4, -0.2) is 9.13 Å². The third kappa shape index (κ3) is 2.49. The molecule has 9 rings (SSSR count). The van der Waals surface area contributed by atoms with E-state index in [1.165, 1.54) is 44.3 Å². The Kier molecular flexibility index (Phi) is 4.00. The second kappa shape index (κ2) is 7.17. The monoisotopic (exact) mass is 468 g/mol. The first kappa shape index (κ1) is 20.1. The molecule has 2 aromatic heterocycles. The minimum absolute atomic E-state index is 0.238. The van der Waals surface area contributed by atoms with Crippen LogP contribution < -0.4 is 9.13 Å². The van der Waals surface area contributed by atoms with Crippen LogP contribution in [0.3, 0.4) is 0 Å². The molecule has 0 saturated heterocycles. The van der Waals surface area contributed by atoms with Gasteiger partial charge in [-0.1, -0.05) is 72.8 Å². The Balaban J connectivity index is 1.50. The van der Waals surface area contributed by atoms with Gasteiger partial charge in [-0.25, -0.2) is 18.3 Å². The minimum atomic E-state index is 0.238. The molecule has 3 aliphatic carbocycles. The lowest BCUT2D eigenvalue weighted by molar-refractivity contribution is -0.646. The Bertz CT molecular complexity index is 1630. The summed E-state index contributed by atoms with van der Waals surface area (Å²) in [5, 5.41) is 0. The summed E-state index contributed by atoms with van der Waals surface area (Å²) >= 11 is 0. The molecule has 0 saturated carbocycles. The molecule has 2 atom stereocenters. The van der Waals surface area contributed by atoms with E-state index in [-0.39, 0.29) is 23.9 Å². The summed E-state index contributed by atoms with van der Waals surface area (Å²) in [5.41, 5.74) is 11.0. The van der Waals surface area contributed by atoms with Crippen molar-refractivity contribution in [1.29, 1.82) is 0 Å². The van der Waals surface area contributed by atoms with Crippen LogP contribution in [0, 0.1) is 0 Å². The predicted octanol–water partition coefficient (Wildman–Crippen LogP) is 5.32. The van der Waals surface area contributed by atoms with Gasteiger partial charge in [-0.2, -0.15) is 0 Å². The summed E-state index contributed by atoms with van der Waals surface area (Å²) in [4.78, 5) is 0. The highest BCUT2D eigenvalue weighted by atomic mass is 15.2. The van der Waals surface area contributed by atoms with E-state index in [4.69, 9.17) is 0 Å². The highest BCUT2D eigenvalue weighted by Crippen LogP contribution is 2.62. The van der Waals surface area contributed by atoms with Crippen LogP contribution in [0.5, 0.6) is 0 Å². The zero-order valence-corrected chi connectivity index (χ0v) is 20.5. The molecule has 0 N–H and O–H groups in total. The van der Waals surface area contributed by atoms with Crippen molar-refractivity contribution in [3.8, 4) is 0 Å². The summed E-state index contributed by atoms with van der Waals surface area (Å²) in [6.45, 7) is 0. The Labute approximate surface area is 210 Å². The third-order valence-corrected chi connectivity index (χ3v) is 8.68. The van der Waals surface area contributed by atoms with E-state index < -0.39 is 0 Å². The summed E-state index contributed by atoms with van der Waals surface area (Å²) in [5.74, 6) is 0.546. The summed E-state index contributed by atoms with van der Waals surface area (Å²) in [6, 6.07) is 36.4. The van der Waals surface area contributed by atoms with Gasteiger partial charge in [0.15, 0.2) is 34.2 Å². The van der Waals surface area contributed by atoms with Crippen molar-refractivity contribution in [2.24, 2.45) is 14.1 Å². The lowest BCUT2D eigenvalue weighted by Gasteiger charge is -2.47. The Morgan fingerprint density at radius 1 is 0.472 bits per heavy atom. The fourth-order valence-electron chi connectivity index (χ4n) is 7.33. The zero-order chi connectivity index (χ0) is 24.0. The molecule has 3 aliphatic rings. The molecule has 0 amide bonds. The van der Waals surface area contributed by atoms with Crippen LogP contribution >= 0.6 is 0 Å². The van der Waals surface area contributed by atoms with Crippen LogP contribution in [0.1, 0.15) is 46.2 Å². The van der Waals surface area contributed by atoms with Gasteiger partial charge in [0.2, 0.25) is 12.7 Å². The average molecular weight is 469 g/mol. The molecule has 0 unspecified atom stereocenters. The van der Waals surface area contributed by atoms with Crippen molar-refractivity contribution >= 4 is 22.1 Å². The fraction of sp³-hybridized carbons (Fsp3) is 0.188. The second-order valence-corrected chi connectivity index (χ2v) is 10.4. The molecular formula is C32H28N4+2. The number of aryl methyl sites for hydroxylation is 2. The van der Waals surface area contributed by atoms with Crippen molar-refractivity contribution in [2.45, 2.75) is 23.9 Å². The number of nitrogens with zero attached hydrogens (tertiary/aromatic N) is 4. The van der Waals surface area contributed by atoms with E-state index >= 15 is 0 Å². The lowest BCUT2D eigenvalue weighted by Crippen LogP contribution is -2.43. The van der Waals surface area contributed by atoms with Crippen LogP contribution in [0.4, 0.5) is 0 Å². The number of aromatic nitrogens is 4. The van der Waals surface area contributed by atoms with E-state index in [1.54, 1.807) is 0 Å². The fourth-order valence-corrected chi connectivity index (χ4v) is 7.33. The molecular weight excluding hydrogens is 440 g/mol. The molecule has 6 aromatic rings. The van der Waals surface area contributed by atoms with Gasteiger partial charge in [0.05, 0.1) is 25.9 Å². The number of benzene rings is 4. The molecule has 4 aromatic carbocycles. The van der Waals surface area contributed by atoms with E-state index in [1.807, 2.05) is 0 Å². The Morgan fingerprint density at radius 3 is 1.19 bits per heavy atom. The number of rotatable bonds is 2. The van der Waals surface area contributed by atoms with Crippen molar-refractivity contribution in [2.75, 3.05) is 0 Å². The van der Waals surface area contributed by atoms with Crippen molar-refractivity contribution in [3.05, 3.63) is 132 Å². The molecule has 174 valence electrons. The van der Waals surface area contributed by atoms with Gasteiger partial charge in [-0.3, -0.25) is 0 Å². The van der Waals surface area contributed by atoms with E-state index in [2.05, 4.69) is 142 Å². The summed E-state index contributed by atoms with van der Waals surface area (Å²) < 4.78 is 9.69. The Hall–Kier alpha value is -4.18. The normalized spacial score (nSPS) is 22.2. The average Bonchev–Trinajstić information content (AvgIpc) is 3.45. The van der Waals surface area contributed by atoms with Crippen molar-refractivity contribution < 1.29 is 9.13 Å². The highest BCUT2D eigenvalue weighted by Gasteiger charge is 2.56. The first-order valence-corrected chi connectivity index (χ1v) is 12.8. The van der Waals surface area contributed by atoms with Gasteiger partial charge in [0, 0.05) is 0 Å². The van der Waals surface area contributed by atoms with E-state index in [9.17, 15) is 0 Å². The first-order valence-electron chi connectivity index (χ1n) is 12.8. The molecule has 0 radical (unpaired) electrons. The van der Waals surface area contributed by atoms with Gasteiger partial charge in [0.1, 0.15) is 0 Å². The number of imidazole rings is 2. The largest absolute Gasteiger partial charge is 0.244 e. The zero-order valence-electron chi connectivity index (χ0n) is 20.5. The maximum absolute atomic E-state index is 2.57. The lowest BCUT2D eigenvalue weighted by atomic mass is 9.59. The van der Waals surface area contributed by atoms with Crippen LogP contribution in [0.15, 0.2) is 110 Å². The third-order valence-electron chi connectivity index (χ3n) is 8.68. The standard InChI is InChI=1S/C32H28N4/c1-33-19-35(27-17-9-7-15-25(27)33)31-29-21-11-3-5-13-23(21)30(24-14-6-4-12-22(24)29)32(31)36-20-34(2)26-16-8-10-18-28(26)36/h3-20,29-32H,1-2H3/q+2/t29?,30?,31-,32-/m0/s1. The molecule has 4 nitrogen and oxygen atoms in total. The molecule has 36 heavy (non-hydrogen) atoms. The van der Waals surface area contributed by atoms with Gasteiger partial charge in [-0.05, 0) is 46.5 Å². The first-order chi connectivity index (χ1) is 17.7. The molecule has 0 aliphatic heterocycles. The van der Waals surface area contributed by atoms with Crippen molar-refractivity contribution in [3.63, 3.8) is 0 Å². The number of hydrogen-bond acceptors (Lipinski definition) is 0. The highest BCUT2D eigenvalue weighted by molar-refractivity contribution is 5.74. The van der Waals surface area contributed by atoms with Crippen LogP contribution in [-0.2, 0) is 14.1 Å². The quantitative estimate of drug-likeness (QED) is 0.306. The van der Waals surface area contributed by atoms with Crippen molar-refractivity contribution in [1.82, 2.24) is 9.13 Å². The SMILES string of the molecule is C[n+]1cn([C@H]2C3c4ccccc4C(c4ccccc43)[C@@H]2n2c[n+](C)c3ccccc32)c2ccccc21. The summed E-state index contributed by atoms with van der Waals surface area (Å²) in [6.07, 6.45) is 4.64. The molecule has 2 bridgehead atoms. The molecule has 0 spiro atoms. The van der Waals surface area contributed by atoms with Gasteiger partial charge in [-0.15, -0.1) is 0 Å². The minimum Gasteiger partial charge on any atom is -0.233 e. The maximum atomic E-state index is 2.57. The van der Waals surface area contributed by atoms with Gasteiger partial charge < -0.3 is 0 Å². The van der Waals surface area contributed by atoms with Crippen LogP contribution in [0.2, 0.25) is 0 Å². The molecule has 2 heterocycles. The Morgan fingerprint density at radius 2 is 0.806 bits per heavy atom. The van der Waals surface area contributed by atoms with E-state index in [0.29, 0.717) is 0 Å². The maximum Gasteiger partial charge on any atom is 0.244 e. The smallest absolute Gasteiger partial charge is 0.233 e. The van der Waals surface area contributed by atoms with Gasteiger partial charge in [0.25, 0.3) is 0 Å². The van der Waals surface area contributed by atoms with Gasteiger partial charge >= 0.3 is 0 Å². The second-order valence-electron chi connectivity index (χ2n) is 10.4.